The number of rotatable bonds is 2. The van der Waals surface area contributed by atoms with Crippen LogP contribution in [0.2, 0.25) is 0 Å². The van der Waals surface area contributed by atoms with Gasteiger partial charge in [-0.1, -0.05) is 0 Å². The Morgan fingerprint density at radius 2 is 0.812 bits per heavy atom. The molecule has 4 aromatic heterocycles. The number of nitrogens with zero attached hydrogens (tertiary/aromatic N) is 4. The molecule has 0 aliphatic heterocycles. The Kier molecular flexibility index (Phi) is 6.71. The van der Waals surface area contributed by atoms with Gasteiger partial charge in [-0.15, -0.1) is 0 Å². The second-order valence-corrected chi connectivity index (χ2v) is 5.95. The van der Waals surface area contributed by atoms with Gasteiger partial charge in [-0.25, -0.2) is 46.3 Å². The Balaban J connectivity index is 0.000000181. The van der Waals surface area contributed by atoms with Crippen LogP contribution in [0.1, 0.15) is 0 Å². The normalized spacial score (nSPS) is 10.5. The van der Waals surface area contributed by atoms with Crippen LogP contribution in [0, 0.1) is 46.8 Å². The molecule has 0 bridgehead atoms. The van der Waals surface area contributed by atoms with E-state index in [4.69, 9.17) is 0 Å². The van der Waals surface area contributed by atoms with Crippen LogP contribution in [-0.4, -0.2) is 19.9 Å². The highest BCUT2D eigenvalue weighted by molar-refractivity contribution is 5.55. The van der Waals surface area contributed by atoms with E-state index in [1.807, 2.05) is 0 Å². The zero-order valence-corrected chi connectivity index (χ0v) is 15.4. The fraction of sp³-hybridized carbons (Fsp3) is 0. The van der Waals surface area contributed by atoms with E-state index in [1.54, 1.807) is 0 Å². The molecule has 4 nitrogen and oxygen atoms in total. The van der Waals surface area contributed by atoms with E-state index in [-0.39, 0.29) is 11.4 Å². The van der Waals surface area contributed by atoms with Gasteiger partial charge in [-0.05, 0) is 0 Å². The summed E-state index contributed by atoms with van der Waals surface area (Å²) in [5.74, 6) is -7.84. The van der Waals surface area contributed by atoms with Gasteiger partial charge in [0.05, 0.1) is 23.8 Å². The van der Waals surface area contributed by atoms with Crippen LogP contribution in [0.5, 0.6) is 0 Å². The first kappa shape index (κ1) is 22.7. The average molecular weight is 456 g/mol. The van der Waals surface area contributed by atoms with Gasteiger partial charge in [0.2, 0.25) is 11.9 Å². The van der Waals surface area contributed by atoms with E-state index in [1.165, 1.54) is 0 Å². The lowest BCUT2D eigenvalue weighted by atomic mass is 10.2. The molecule has 0 unspecified atom stereocenters. The molecule has 0 N–H and O–H groups in total. The molecule has 32 heavy (non-hydrogen) atoms. The van der Waals surface area contributed by atoms with Gasteiger partial charge >= 0.3 is 0 Å². The third kappa shape index (κ3) is 5.59. The summed E-state index contributed by atoms with van der Waals surface area (Å²) in [5.41, 5.74) is -1.45. The predicted octanol–water partition coefficient (Wildman–Crippen LogP) is 5.40. The van der Waals surface area contributed by atoms with Crippen molar-refractivity contribution < 1.29 is 35.1 Å². The summed E-state index contributed by atoms with van der Waals surface area (Å²) >= 11 is 0. The first-order chi connectivity index (χ1) is 15.1. The summed E-state index contributed by atoms with van der Waals surface area (Å²) in [5, 5.41) is 0. The lowest BCUT2D eigenvalue weighted by Crippen LogP contribution is -1.97. The Bertz CT molecular complexity index is 1140. The molecule has 0 aliphatic rings. The topological polar surface area (TPSA) is 51.6 Å². The third-order valence-electron chi connectivity index (χ3n) is 3.62. The van der Waals surface area contributed by atoms with Gasteiger partial charge in [0.25, 0.3) is 0 Å². The zero-order chi connectivity index (χ0) is 23.4. The van der Waals surface area contributed by atoms with Crippen LogP contribution < -0.4 is 0 Å². The van der Waals surface area contributed by atoms with E-state index in [0.29, 0.717) is 24.3 Å². The smallest absolute Gasteiger partial charge is 0.216 e. The maximum atomic E-state index is 13.2. The monoisotopic (exact) mass is 456 g/mol. The minimum Gasteiger partial charge on any atom is -0.248 e. The van der Waals surface area contributed by atoms with Crippen molar-refractivity contribution in [1.82, 2.24) is 19.9 Å². The Hall–Kier alpha value is -3.96. The molecular weight excluding hydrogens is 448 g/mol. The molecule has 4 rings (SSSR count). The van der Waals surface area contributed by atoms with Crippen LogP contribution in [0.25, 0.3) is 22.8 Å². The van der Waals surface area contributed by atoms with Crippen LogP contribution in [0.4, 0.5) is 35.1 Å². The van der Waals surface area contributed by atoms with Gasteiger partial charge in [0.1, 0.15) is 34.7 Å². The highest BCUT2D eigenvalue weighted by atomic mass is 19.2. The Labute approximate surface area is 174 Å². The van der Waals surface area contributed by atoms with Crippen LogP contribution in [0.3, 0.4) is 0 Å². The quantitative estimate of drug-likeness (QED) is 0.300. The Morgan fingerprint density at radius 1 is 0.438 bits per heavy atom. The van der Waals surface area contributed by atoms with E-state index >= 15 is 0 Å². The molecule has 0 atom stereocenters. The summed E-state index contributed by atoms with van der Waals surface area (Å²) in [6.45, 7) is 0. The van der Waals surface area contributed by atoms with Gasteiger partial charge in [-0.2, -0.15) is 8.78 Å². The van der Waals surface area contributed by atoms with Crippen LogP contribution >= 0.6 is 0 Å². The molecule has 0 amide bonds. The van der Waals surface area contributed by atoms with E-state index in [9.17, 15) is 35.1 Å². The first-order valence-electron chi connectivity index (χ1n) is 8.41. The van der Waals surface area contributed by atoms with Crippen molar-refractivity contribution in [2.45, 2.75) is 0 Å². The van der Waals surface area contributed by atoms with Crippen molar-refractivity contribution in [2.24, 2.45) is 0 Å². The fourth-order valence-corrected chi connectivity index (χ4v) is 2.37. The molecular formula is C20H8F8N4. The Morgan fingerprint density at radius 3 is 1.12 bits per heavy atom. The van der Waals surface area contributed by atoms with Gasteiger partial charge in [-0.3, -0.25) is 0 Å². The summed E-state index contributed by atoms with van der Waals surface area (Å²) in [7, 11) is 0. The number of hydrogen-bond donors (Lipinski definition) is 0. The van der Waals surface area contributed by atoms with E-state index < -0.39 is 58.2 Å². The molecule has 4 heterocycles. The first-order valence-corrected chi connectivity index (χ1v) is 8.41. The van der Waals surface area contributed by atoms with E-state index in [0.717, 1.165) is 24.5 Å². The highest BCUT2D eigenvalue weighted by Gasteiger charge is 2.15. The molecule has 0 radical (unpaired) electrons. The summed E-state index contributed by atoms with van der Waals surface area (Å²) < 4.78 is 103. The molecule has 164 valence electrons. The molecule has 0 spiro atoms. The largest absolute Gasteiger partial charge is 0.248 e. The maximum absolute atomic E-state index is 13.2. The molecule has 12 heteroatoms. The summed E-state index contributed by atoms with van der Waals surface area (Å²) in [6, 6.07) is 3.88. The minimum absolute atomic E-state index is 0.268. The molecule has 0 saturated heterocycles. The molecule has 0 aliphatic carbocycles. The molecule has 0 saturated carbocycles. The number of halogens is 8. The van der Waals surface area contributed by atoms with Gasteiger partial charge in [0, 0.05) is 36.4 Å². The number of hydrogen-bond acceptors (Lipinski definition) is 4. The summed E-state index contributed by atoms with van der Waals surface area (Å²) in [4.78, 5) is 13.3. The second-order valence-electron chi connectivity index (χ2n) is 5.95. The average Bonchev–Trinajstić information content (AvgIpc) is 2.68. The SMILES string of the molecule is Fc1cc(F)nc(-c2cc(F)cc(F)n2)c1.Fc1cnc(-c2ncc(F)cc2F)c(F)c1. The van der Waals surface area contributed by atoms with Crippen LogP contribution in [0.15, 0.2) is 48.8 Å². The van der Waals surface area contributed by atoms with Crippen molar-refractivity contribution in [3.8, 4) is 22.8 Å². The standard InChI is InChI=1S/2C10H4F4N2/c11-5-1-7(13)9(15-3-5)10-8(14)2-6(12)4-16-10;11-5-1-7(15-9(13)3-5)8-2-6(12)4-10(14)16-8/h2*1-4H. The molecule has 0 fully saturated rings. The van der Waals surface area contributed by atoms with Crippen molar-refractivity contribution in [1.29, 1.82) is 0 Å². The highest BCUT2D eigenvalue weighted by Crippen LogP contribution is 2.22. The maximum Gasteiger partial charge on any atom is 0.216 e. The lowest BCUT2D eigenvalue weighted by molar-refractivity contribution is 0.545. The van der Waals surface area contributed by atoms with Gasteiger partial charge < -0.3 is 0 Å². The fourth-order valence-electron chi connectivity index (χ4n) is 2.37. The van der Waals surface area contributed by atoms with E-state index in [2.05, 4.69) is 19.9 Å². The van der Waals surface area contributed by atoms with Crippen molar-refractivity contribution >= 4 is 0 Å². The summed E-state index contributed by atoms with van der Waals surface area (Å²) in [6.07, 6.45) is 1.45. The molecule has 0 aromatic carbocycles. The van der Waals surface area contributed by atoms with Crippen molar-refractivity contribution in [3.05, 3.63) is 95.6 Å². The van der Waals surface area contributed by atoms with Crippen molar-refractivity contribution in [2.75, 3.05) is 0 Å². The van der Waals surface area contributed by atoms with Gasteiger partial charge in [0.15, 0.2) is 11.6 Å². The molecule has 4 aromatic rings. The minimum atomic E-state index is -1.08. The lowest BCUT2D eigenvalue weighted by Gasteiger charge is -2.02. The van der Waals surface area contributed by atoms with Crippen LogP contribution in [-0.2, 0) is 0 Å². The zero-order valence-electron chi connectivity index (χ0n) is 15.4. The second kappa shape index (κ2) is 9.45. The number of pyridine rings is 4. The number of aromatic nitrogens is 4. The third-order valence-corrected chi connectivity index (χ3v) is 3.62. The van der Waals surface area contributed by atoms with Crippen molar-refractivity contribution in [3.63, 3.8) is 0 Å². The predicted molar refractivity (Wildman–Crippen MR) is 94.6 cm³/mol.